The van der Waals surface area contributed by atoms with Gasteiger partial charge in [-0.2, -0.15) is 0 Å². The van der Waals surface area contributed by atoms with E-state index < -0.39 is 0 Å². The highest BCUT2D eigenvalue weighted by atomic mass is 16.2. The van der Waals surface area contributed by atoms with Gasteiger partial charge in [-0.25, -0.2) is 0 Å². The van der Waals surface area contributed by atoms with Crippen molar-refractivity contribution in [3.63, 3.8) is 0 Å². The molecule has 1 fully saturated rings. The Bertz CT molecular complexity index is 357. The lowest BCUT2D eigenvalue weighted by atomic mass is 9.92. The van der Waals surface area contributed by atoms with Crippen molar-refractivity contribution in [1.29, 1.82) is 0 Å². The van der Waals surface area contributed by atoms with Gasteiger partial charge < -0.3 is 10.6 Å². The lowest BCUT2D eigenvalue weighted by Gasteiger charge is -2.36. The van der Waals surface area contributed by atoms with Crippen LogP contribution in [0.1, 0.15) is 39.5 Å². The summed E-state index contributed by atoms with van der Waals surface area (Å²) in [5, 5.41) is 5.78. The number of hydrogen-bond donors (Lipinski definition) is 2. The molecule has 2 N–H and O–H groups in total. The molecule has 2 amide bonds. The molecule has 0 aromatic rings. The number of rotatable bonds is 8. The molecule has 0 aliphatic carbocycles. The molecule has 1 aliphatic rings. The zero-order valence-electron chi connectivity index (χ0n) is 13.4. The van der Waals surface area contributed by atoms with E-state index in [0.29, 0.717) is 25.7 Å². The van der Waals surface area contributed by atoms with Crippen LogP contribution in [-0.2, 0) is 9.59 Å². The minimum atomic E-state index is -0.00575. The zero-order valence-corrected chi connectivity index (χ0v) is 13.4. The van der Waals surface area contributed by atoms with Gasteiger partial charge >= 0.3 is 0 Å². The molecule has 1 heterocycles. The summed E-state index contributed by atoms with van der Waals surface area (Å²) in [5.41, 5.74) is 0. The number of unbranched alkanes of at least 4 members (excludes halogenated alkanes) is 1. The smallest absolute Gasteiger partial charge is 0.234 e. The predicted octanol–water partition coefficient (Wildman–Crippen LogP) is 1.31. The number of piperidine rings is 1. The maximum Gasteiger partial charge on any atom is 0.234 e. The fraction of sp³-hybridized carbons (Fsp3) is 0.750. The maximum atomic E-state index is 12.1. The lowest BCUT2D eigenvalue weighted by Crippen LogP contribution is -2.50. The number of nitrogens with zero attached hydrogens (tertiary/aromatic N) is 1. The van der Waals surface area contributed by atoms with E-state index in [0.717, 1.165) is 32.2 Å². The zero-order chi connectivity index (χ0) is 15.7. The topological polar surface area (TPSA) is 61.4 Å². The van der Waals surface area contributed by atoms with Crippen LogP contribution in [0, 0.1) is 5.92 Å². The van der Waals surface area contributed by atoms with Crippen molar-refractivity contribution < 1.29 is 9.59 Å². The third-order valence-corrected chi connectivity index (χ3v) is 4.00. The van der Waals surface area contributed by atoms with Crippen molar-refractivity contribution in [3.05, 3.63) is 12.7 Å². The van der Waals surface area contributed by atoms with Crippen LogP contribution in [0.3, 0.4) is 0 Å². The Morgan fingerprint density at radius 3 is 2.76 bits per heavy atom. The number of amides is 2. The highest BCUT2D eigenvalue weighted by Gasteiger charge is 2.30. The highest BCUT2D eigenvalue weighted by Crippen LogP contribution is 2.21. The van der Waals surface area contributed by atoms with Gasteiger partial charge in [0.15, 0.2) is 0 Å². The van der Waals surface area contributed by atoms with Crippen molar-refractivity contribution in [2.24, 2.45) is 5.92 Å². The molecule has 1 rings (SSSR count). The first-order chi connectivity index (χ1) is 10.1. The molecule has 0 spiro atoms. The Hall–Kier alpha value is -1.36. The highest BCUT2D eigenvalue weighted by molar-refractivity contribution is 5.80. The van der Waals surface area contributed by atoms with Gasteiger partial charge in [-0.1, -0.05) is 19.4 Å². The average molecular weight is 295 g/mol. The summed E-state index contributed by atoms with van der Waals surface area (Å²) in [5.74, 6) is 0.130. The molecule has 0 aromatic heterocycles. The normalized spacial score (nSPS) is 22.6. The van der Waals surface area contributed by atoms with Gasteiger partial charge in [0.1, 0.15) is 0 Å². The van der Waals surface area contributed by atoms with Crippen molar-refractivity contribution in [2.45, 2.75) is 45.6 Å². The van der Waals surface area contributed by atoms with E-state index in [2.05, 4.69) is 36.0 Å². The van der Waals surface area contributed by atoms with Gasteiger partial charge in [-0.05, 0) is 26.2 Å². The summed E-state index contributed by atoms with van der Waals surface area (Å²) in [6.45, 7) is 10.1. The largest absolute Gasteiger partial charge is 0.356 e. The maximum absolute atomic E-state index is 12.1. The van der Waals surface area contributed by atoms with Crippen LogP contribution in [0.5, 0.6) is 0 Å². The van der Waals surface area contributed by atoms with E-state index in [1.54, 1.807) is 6.08 Å². The molecule has 0 aromatic carbocycles. The fourth-order valence-electron chi connectivity index (χ4n) is 2.57. The first-order valence-corrected chi connectivity index (χ1v) is 7.97. The second-order valence-electron chi connectivity index (χ2n) is 5.79. The second-order valence-corrected chi connectivity index (χ2v) is 5.79. The Morgan fingerprint density at radius 1 is 1.33 bits per heavy atom. The number of carbonyl (C=O) groups excluding carboxylic acids is 2. The third kappa shape index (κ3) is 6.29. The van der Waals surface area contributed by atoms with Gasteiger partial charge in [0.05, 0.1) is 12.5 Å². The monoisotopic (exact) mass is 295 g/mol. The Morgan fingerprint density at radius 2 is 2.10 bits per heavy atom. The molecule has 21 heavy (non-hydrogen) atoms. The summed E-state index contributed by atoms with van der Waals surface area (Å²) in [6, 6.07) is 0.346. The molecule has 5 nitrogen and oxygen atoms in total. The van der Waals surface area contributed by atoms with Crippen molar-refractivity contribution in [2.75, 3.05) is 26.2 Å². The number of hydrogen-bond acceptors (Lipinski definition) is 3. The van der Waals surface area contributed by atoms with E-state index in [4.69, 9.17) is 0 Å². The van der Waals surface area contributed by atoms with Gasteiger partial charge in [-0.3, -0.25) is 14.5 Å². The van der Waals surface area contributed by atoms with Crippen LogP contribution >= 0.6 is 0 Å². The van der Waals surface area contributed by atoms with E-state index in [1.807, 2.05) is 0 Å². The molecule has 2 atom stereocenters. The molecule has 5 heteroatoms. The average Bonchev–Trinajstić information content (AvgIpc) is 2.47. The Labute approximate surface area is 128 Å². The van der Waals surface area contributed by atoms with E-state index in [1.165, 1.54) is 0 Å². The molecule has 0 saturated carbocycles. The number of carbonyl (C=O) groups is 2. The van der Waals surface area contributed by atoms with Crippen molar-refractivity contribution in [1.82, 2.24) is 15.5 Å². The van der Waals surface area contributed by atoms with Gasteiger partial charge in [-0.15, -0.1) is 6.58 Å². The molecule has 0 radical (unpaired) electrons. The number of nitrogens with one attached hydrogen (secondary N) is 2. The Kier molecular flexibility index (Phi) is 8.05. The van der Waals surface area contributed by atoms with Crippen LogP contribution in [0.2, 0.25) is 0 Å². The molecule has 0 bridgehead atoms. The summed E-state index contributed by atoms with van der Waals surface area (Å²) < 4.78 is 0. The minimum Gasteiger partial charge on any atom is -0.356 e. The van der Waals surface area contributed by atoms with Gasteiger partial charge in [0.2, 0.25) is 11.8 Å². The van der Waals surface area contributed by atoms with Crippen LogP contribution in [0.25, 0.3) is 0 Å². The van der Waals surface area contributed by atoms with E-state index >= 15 is 0 Å². The molecule has 120 valence electrons. The van der Waals surface area contributed by atoms with Gasteiger partial charge in [0, 0.05) is 25.7 Å². The van der Waals surface area contributed by atoms with Crippen molar-refractivity contribution >= 4 is 11.8 Å². The predicted molar refractivity (Wildman–Crippen MR) is 84.9 cm³/mol. The van der Waals surface area contributed by atoms with Crippen LogP contribution in [0.4, 0.5) is 0 Å². The lowest BCUT2D eigenvalue weighted by molar-refractivity contribution is -0.129. The van der Waals surface area contributed by atoms with Crippen molar-refractivity contribution in [3.8, 4) is 0 Å². The summed E-state index contributed by atoms with van der Waals surface area (Å²) in [7, 11) is 0. The SMILES string of the molecule is C=CCNC(=O)CN1CC(C(=O)NCCCC)CCC1C. The van der Waals surface area contributed by atoms with Crippen LogP contribution in [0.15, 0.2) is 12.7 Å². The quantitative estimate of drug-likeness (QED) is 0.524. The first kappa shape index (κ1) is 17.7. The second kappa shape index (κ2) is 9.55. The van der Waals surface area contributed by atoms with E-state index in [-0.39, 0.29) is 17.7 Å². The molecular weight excluding hydrogens is 266 g/mol. The van der Waals surface area contributed by atoms with Crippen LogP contribution < -0.4 is 10.6 Å². The third-order valence-electron chi connectivity index (χ3n) is 4.00. The standard InChI is InChI=1S/C16H29N3O2/c1-4-6-10-18-16(21)14-8-7-13(3)19(11-14)12-15(20)17-9-5-2/h5,13-14H,2,4,6-12H2,1,3H3,(H,17,20)(H,18,21). The summed E-state index contributed by atoms with van der Waals surface area (Å²) >= 11 is 0. The first-order valence-electron chi connectivity index (χ1n) is 7.97. The summed E-state index contributed by atoms with van der Waals surface area (Å²) in [6.07, 6.45) is 5.63. The molecule has 2 unspecified atom stereocenters. The molecular formula is C16H29N3O2. The molecule has 1 aliphatic heterocycles. The molecule has 1 saturated heterocycles. The number of likely N-dealkylation sites (tertiary alicyclic amines) is 1. The fourth-order valence-corrected chi connectivity index (χ4v) is 2.57. The minimum absolute atomic E-state index is 0.00487. The van der Waals surface area contributed by atoms with Gasteiger partial charge in [0.25, 0.3) is 0 Å². The Balaban J connectivity index is 2.43. The summed E-state index contributed by atoms with van der Waals surface area (Å²) in [4.78, 5) is 26.0. The van der Waals surface area contributed by atoms with E-state index in [9.17, 15) is 9.59 Å². The van der Waals surface area contributed by atoms with Crippen LogP contribution in [-0.4, -0.2) is 48.9 Å².